The molecule has 1 N–H and O–H groups in total. The van der Waals surface area contributed by atoms with Crippen molar-refractivity contribution in [3.05, 3.63) is 30.0 Å². The fourth-order valence-corrected chi connectivity index (χ4v) is 4.15. The highest BCUT2D eigenvalue weighted by molar-refractivity contribution is 5.96. The van der Waals surface area contributed by atoms with E-state index in [0.29, 0.717) is 16.9 Å². The zero-order chi connectivity index (χ0) is 16.2. The standard InChI is InChI=1S/C17H20FN3O2/c1-17(2)15(10-3-6-21(17)7-4-10)20-16(22)14-13(18)11-5-8-23-12(11)9-19-14/h5,8-10,15H,3-4,6-7H2,1-2H3,(H,20,22)/t15-/m1/s1. The van der Waals surface area contributed by atoms with Crippen molar-refractivity contribution in [1.82, 2.24) is 15.2 Å². The Morgan fingerprint density at radius 2 is 2.17 bits per heavy atom. The zero-order valence-electron chi connectivity index (χ0n) is 13.3. The van der Waals surface area contributed by atoms with Crippen LogP contribution in [0.2, 0.25) is 0 Å². The summed E-state index contributed by atoms with van der Waals surface area (Å²) in [6.45, 7) is 6.42. The lowest BCUT2D eigenvalue weighted by Crippen LogP contribution is -2.69. The monoisotopic (exact) mass is 317 g/mol. The van der Waals surface area contributed by atoms with Gasteiger partial charge in [-0.1, -0.05) is 0 Å². The minimum Gasteiger partial charge on any atom is -0.463 e. The summed E-state index contributed by atoms with van der Waals surface area (Å²) in [6.07, 6.45) is 4.94. The molecular formula is C17H20FN3O2. The number of rotatable bonds is 2. The van der Waals surface area contributed by atoms with Gasteiger partial charge < -0.3 is 9.73 Å². The van der Waals surface area contributed by atoms with E-state index in [-0.39, 0.29) is 17.3 Å². The van der Waals surface area contributed by atoms with Crippen LogP contribution < -0.4 is 5.32 Å². The molecule has 23 heavy (non-hydrogen) atoms. The minimum absolute atomic E-state index is 0.0127. The average molecular weight is 317 g/mol. The van der Waals surface area contributed by atoms with Crippen LogP contribution in [0.25, 0.3) is 11.0 Å². The van der Waals surface area contributed by atoms with Crippen LogP contribution in [0.1, 0.15) is 37.2 Å². The number of hydrogen-bond donors (Lipinski definition) is 1. The predicted octanol–water partition coefficient (Wildman–Crippen LogP) is 2.57. The molecule has 2 aromatic rings. The van der Waals surface area contributed by atoms with Gasteiger partial charge in [0.25, 0.3) is 5.91 Å². The molecule has 122 valence electrons. The number of hydrogen-bond acceptors (Lipinski definition) is 4. The van der Waals surface area contributed by atoms with E-state index in [0.717, 1.165) is 25.9 Å². The number of amides is 1. The van der Waals surface area contributed by atoms with Crippen molar-refractivity contribution in [1.29, 1.82) is 0 Å². The molecule has 0 unspecified atom stereocenters. The van der Waals surface area contributed by atoms with Crippen LogP contribution in [-0.4, -0.2) is 40.5 Å². The molecule has 5 nitrogen and oxygen atoms in total. The first-order chi connectivity index (χ1) is 11.0. The molecule has 1 amide bonds. The highest BCUT2D eigenvalue weighted by Gasteiger charge is 2.48. The van der Waals surface area contributed by atoms with Crippen LogP contribution in [0.5, 0.6) is 0 Å². The number of aromatic nitrogens is 1. The van der Waals surface area contributed by atoms with E-state index in [9.17, 15) is 9.18 Å². The molecule has 0 aliphatic carbocycles. The normalized spacial score (nSPS) is 28.9. The molecule has 0 aromatic carbocycles. The number of carbonyl (C=O) groups excluding carboxylic acids is 1. The summed E-state index contributed by atoms with van der Waals surface area (Å²) < 4.78 is 19.6. The van der Waals surface area contributed by atoms with Crippen molar-refractivity contribution < 1.29 is 13.6 Å². The van der Waals surface area contributed by atoms with Gasteiger partial charge in [-0.05, 0) is 51.8 Å². The second kappa shape index (κ2) is 5.03. The fourth-order valence-electron chi connectivity index (χ4n) is 4.15. The van der Waals surface area contributed by atoms with E-state index >= 15 is 0 Å². The quantitative estimate of drug-likeness (QED) is 0.925. The summed E-state index contributed by atoms with van der Waals surface area (Å²) in [6, 6.07) is 1.53. The highest BCUT2D eigenvalue weighted by Crippen LogP contribution is 2.39. The van der Waals surface area contributed by atoms with Crippen molar-refractivity contribution in [2.24, 2.45) is 5.92 Å². The van der Waals surface area contributed by atoms with Crippen LogP contribution in [0.3, 0.4) is 0 Å². The van der Waals surface area contributed by atoms with Crippen molar-refractivity contribution in [3.63, 3.8) is 0 Å². The highest BCUT2D eigenvalue weighted by atomic mass is 19.1. The third kappa shape index (κ3) is 2.16. The van der Waals surface area contributed by atoms with Gasteiger partial charge in [-0.25, -0.2) is 9.37 Å². The molecule has 1 atom stereocenters. The number of nitrogens with one attached hydrogen (secondary N) is 1. The van der Waals surface area contributed by atoms with E-state index in [4.69, 9.17) is 4.42 Å². The maximum atomic E-state index is 14.5. The molecule has 0 saturated carbocycles. The van der Waals surface area contributed by atoms with Gasteiger partial charge in [0.15, 0.2) is 17.1 Å². The van der Waals surface area contributed by atoms with E-state index < -0.39 is 11.7 Å². The topological polar surface area (TPSA) is 58.4 Å². The van der Waals surface area contributed by atoms with Gasteiger partial charge in [0, 0.05) is 11.6 Å². The first-order valence-corrected chi connectivity index (χ1v) is 8.06. The van der Waals surface area contributed by atoms with E-state index in [1.807, 2.05) is 0 Å². The Hall–Kier alpha value is -1.95. The summed E-state index contributed by atoms with van der Waals surface area (Å²) >= 11 is 0. The molecule has 3 aliphatic rings. The first-order valence-electron chi connectivity index (χ1n) is 8.06. The van der Waals surface area contributed by atoms with Gasteiger partial charge in [0.05, 0.1) is 17.8 Å². The zero-order valence-corrected chi connectivity index (χ0v) is 13.3. The van der Waals surface area contributed by atoms with Gasteiger partial charge in [-0.3, -0.25) is 9.69 Å². The van der Waals surface area contributed by atoms with Crippen molar-refractivity contribution >= 4 is 16.9 Å². The second-order valence-corrected chi connectivity index (χ2v) is 7.05. The van der Waals surface area contributed by atoms with Gasteiger partial charge in [-0.2, -0.15) is 0 Å². The van der Waals surface area contributed by atoms with Crippen molar-refractivity contribution in [2.45, 2.75) is 38.3 Å². The van der Waals surface area contributed by atoms with Gasteiger partial charge in [0.1, 0.15) is 0 Å². The molecule has 6 heteroatoms. The number of carbonyl (C=O) groups is 1. The maximum absolute atomic E-state index is 14.5. The maximum Gasteiger partial charge on any atom is 0.273 e. The summed E-state index contributed by atoms with van der Waals surface area (Å²) in [7, 11) is 0. The summed E-state index contributed by atoms with van der Waals surface area (Å²) in [5.74, 6) is -0.620. The van der Waals surface area contributed by atoms with Crippen LogP contribution >= 0.6 is 0 Å². The Bertz CT molecular complexity index is 762. The predicted molar refractivity (Wildman–Crippen MR) is 83.6 cm³/mol. The molecule has 2 aromatic heterocycles. The van der Waals surface area contributed by atoms with E-state index in [2.05, 4.69) is 29.0 Å². The Morgan fingerprint density at radius 3 is 2.87 bits per heavy atom. The first kappa shape index (κ1) is 14.6. The molecule has 3 fully saturated rings. The lowest BCUT2D eigenvalue weighted by molar-refractivity contribution is -0.0379. The molecule has 5 heterocycles. The molecule has 3 saturated heterocycles. The molecule has 0 radical (unpaired) electrons. The Morgan fingerprint density at radius 1 is 1.43 bits per heavy atom. The average Bonchev–Trinajstić information content (AvgIpc) is 3.01. The van der Waals surface area contributed by atoms with Crippen LogP contribution in [0.4, 0.5) is 4.39 Å². The second-order valence-electron chi connectivity index (χ2n) is 7.05. The number of furan rings is 1. The van der Waals surface area contributed by atoms with Crippen LogP contribution in [-0.2, 0) is 0 Å². The third-order valence-electron chi connectivity index (χ3n) is 5.54. The lowest BCUT2D eigenvalue weighted by atomic mass is 9.72. The van der Waals surface area contributed by atoms with Gasteiger partial charge in [0.2, 0.25) is 0 Å². The Kier molecular flexibility index (Phi) is 3.20. The Balaban J connectivity index is 1.63. The summed E-state index contributed by atoms with van der Waals surface area (Å²) in [4.78, 5) is 19.0. The number of fused-ring (bicyclic) bond motifs is 4. The molecule has 0 spiro atoms. The van der Waals surface area contributed by atoms with Crippen LogP contribution in [0.15, 0.2) is 22.9 Å². The van der Waals surface area contributed by atoms with Crippen LogP contribution in [0, 0.1) is 11.7 Å². The number of nitrogens with zero attached hydrogens (tertiary/aromatic N) is 2. The summed E-state index contributed by atoms with van der Waals surface area (Å²) in [5, 5.41) is 3.33. The smallest absolute Gasteiger partial charge is 0.273 e. The molecule has 3 aliphatic heterocycles. The molecule has 2 bridgehead atoms. The Labute approximate surface area is 133 Å². The lowest BCUT2D eigenvalue weighted by Gasteiger charge is -2.56. The largest absolute Gasteiger partial charge is 0.463 e. The number of pyridine rings is 1. The van der Waals surface area contributed by atoms with Gasteiger partial charge in [-0.15, -0.1) is 0 Å². The summed E-state index contributed by atoms with van der Waals surface area (Å²) in [5.41, 5.74) is 0.0703. The van der Waals surface area contributed by atoms with E-state index in [1.165, 1.54) is 18.5 Å². The van der Waals surface area contributed by atoms with Crippen molar-refractivity contribution in [2.75, 3.05) is 13.1 Å². The number of piperidine rings is 3. The number of halogens is 1. The minimum atomic E-state index is -0.618. The van der Waals surface area contributed by atoms with Gasteiger partial charge >= 0.3 is 0 Å². The molecular weight excluding hydrogens is 297 g/mol. The molecule has 5 rings (SSSR count). The third-order valence-corrected chi connectivity index (χ3v) is 5.54. The van der Waals surface area contributed by atoms with E-state index in [1.54, 1.807) is 0 Å². The SMILES string of the molecule is CC1(C)[C@H](NC(=O)c2ncc3occc3c2F)C2CCN1CC2. The fraction of sp³-hybridized carbons (Fsp3) is 0.529. The van der Waals surface area contributed by atoms with Crippen molar-refractivity contribution in [3.8, 4) is 0 Å².